The molecule has 0 fully saturated rings. The molecular formula is C22H16F2N4O3S. The summed E-state index contributed by atoms with van der Waals surface area (Å²) in [7, 11) is -4.40. The molecule has 10 heteroatoms. The van der Waals surface area contributed by atoms with Gasteiger partial charge in [-0.25, -0.2) is 27.1 Å². The van der Waals surface area contributed by atoms with Crippen molar-refractivity contribution in [2.45, 2.75) is 11.3 Å². The highest BCUT2D eigenvalue weighted by molar-refractivity contribution is 7.89. The first-order valence-electron chi connectivity index (χ1n) is 9.64. The summed E-state index contributed by atoms with van der Waals surface area (Å²) in [5.41, 5.74) is 2.24. The first-order valence-corrected chi connectivity index (χ1v) is 11.2. The van der Waals surface area contributed by atoms with E-state index in [-0.39, 0.29) is 29.6 Å². The standard InChI is InChI=1S/C22H16F2N4O3S/c23-16-11-15-19(12-20(16)32(25,30)31)28-18(21(15)24)8-10-27(22(28)29)14-6-4-13(5-7-14)17-3-1-2-9-26-17/h1-7,9,11-12H,8,10H2,(H2,25,30,31). The van der Waals surface area contributed by atoms with Gasteiger partial charge in [0.2, 0.25) is 10.0 Å². The Kier molecular flexibility index (Phi) is 4.57. The van der Waals surface area contributed by atoms with Crippen LogP contribution < -0.4 is 10.0 Å². The second-order valence-electron chi connectivity index (χ2n) is 7.39. The van der Waals surface area contributed by atoms with Gasteiger partial charge < -0.3 is 0 Å². The molecule has 2 N–H and O–H groups in total. The molecule has 32 heavy (non-hydrogen) atoms. The number of hydrogen-bond donors (Lipinski definition) is 1. The molecule has 7 nitrogen and oxygen atoms in total. The lowest BCUT2D eigenvalue weighted by atomic mass is 10.1. The van der Waals surface area contributed by atoms with E-state index < -0.39 is 32.6 Å². The third-order valence-corrected chi connectivity index (χ3v) is 6.42. The van der Waals surface area contributed by atoms with E-state index in [2.05, 4.69) is 4.98 Å². The van der Waals surface area contributed by atoms with Crippen LogP contribution in [0.4, 0.5) is 19.3 Å². The number of aromatic nitrogens is 2. The average molecular weight is 454 g/mol. The van der Waals surface area contributed by atoms with Gasteiger partial charge in [-0.15, -0.1) is 0 Å². The lowest BCUT2D eigenvalue weighted by Crippen LogP contribution is -2.41. The molecule has 0 bridgehead atoms. The summed E-state index contributed by atoms with van der Waals surface area (Å²) in [5, 5.41) is 4.90. The van der Waals surface area contributed by atoms with E-state index in [1.165, 1.54) is 4.90 Å². The van der Waals surface area contributed by atoms with Crippen LogP contribution in [0.3, 0.4) is 0 Å². The molecule has 0 atom stereocenters. The number of primary sulfonamides is 1. The zero-order valence-corrected chi connectivity index (χ0v) is 17.3. The van der Waals surface area contributed by atoms with E-state index in [4.69, 9.17) is 5.14 Å². The third-order valence-electron chi connectivity index (χ3n) is 5.49. The molecule has 4 aromatic rings. The van der Waals surface area contributed by atoms with Crippen molar-refractivity contribution in [1.29, 1.82) is 0 Å². The van der Waals surface area contributed by atoms with Crippen LogP contribution in [0, 0.1) is 11.6 Å². The van der Waals surface area contributed by atoms with Gasteiger partial charge >= 0.3 is 6.03 Å². The molecular weight excluding hydrogens is 438 g/mol. The first kappa shape index (κ1) is 20.3. The van der Waals surface area contributed by atoms with Crippen molar-refractivity contribution in [3.8, 4) is 11.3 Å². The van der Waals surface area contributed by atoms with Gasteiger partial charge in [0, 0.05) is 35.8 Å². The monoisotopic (exact) mass is 454 g/mol. The fourth-order valence-corrected chi connectivity index (χ4v) is 4.59. The van der Waals surface area contributed by atoms with E-state index in [9.17, 15) is 22.0 Å². The summed E-state index contributed by atoms with van der Waals surface area (Å²) in [6, 6.07) is 13.8. The Morgan fingerprint density at radius 3 is 2.44 bits per heavy atom. The predicted molar refractivity (Wildman–Crippen MR) is 115 cm³/mol. The third kappa shape index (κ3) is 3.15. The summed E-state index contributed by atoms with van der Waals surface area (Å²) in [5.74, 6) is -1.92. The summed E-state index contributed by atoms with van der Waals surface area (Å²) in [4.78, 5) is 18.2. The molecule has 2 aromatic carbocycles. The maximum Gasteiger partial charge on any atom is 0.333 e. The number of anilines is 1. The number of nitrogens with zero attached hydrogens (tertiary/aromatic N) is 3. The number of nitrogens with two attached hydrogens (primary N) is 1. The average Bonchev–Trinajstić information content (AvgIpc) is 3.05. The molecule has 0 radical (unpaired) electrons. The van der Waals surface area contributed by atoms with Crippen LogP contribution in [0.15, 0.2) is 65.7 Å². The summed E-state index contributed by atoms with van der Waals surface area (Å²) in [6.45, 7) is 0.208. The van der Waals surface area contributed by atoms with Gasteiger partial charge in [-0.3, -0.25) is 14.5 Å². The lowest BCUT2D eigenvalue weighted by Gasteiger charge is -2.29. The fourth-order valence-electron chi connectivity index (χ4n) is 3.98. The van der Waals surface area contributed by atoms with Crippen molar-refractivity contribution in [3.05, 3.63) is 78.1 Å². The van der Waals surface area contributed by atoms with E-state index in [1.54, 1.807) is 18.3 Å². The van der Waals surface area contributed by atoms with Gasteiger partial charge in [0.05, 0.1) is 16.9 Å². The van der Waals surface area contributed by atoms with Crippen LogP contribution in [-0.2, 0) is 16.4 Å². The smallest absolute Gasteiger partial charge is 0.293 e. The number of pyridine rings is 1. The zero-order chi connectivity index (χ0) is 22.6. The Morgan fingerprint density at radius 1 is 1.03 bits per heavy atom. The number of benzene rings is 2. The van der Waals surface area contributed by atoms with Crippen LogP contribution in [0.1, 0.15) is 5.69 Å². The van der Waals surface area contributed by atoms with E-state index in [0.717, 1.165) is 28.0 Å². The van der Waals surface area contributed by atoms with Crippen LogP contribution >= 0.6 is 0 Å². The Hall–Kier alpha value is -3.63. The molecule has 5 rings (SSSR count). The van der Waals surface area contributed by atoms with Gasteiger partial charge in [-0.05, 0) is 36.4 Å². The van der Waals surface area contributed by atoms with Crippen LogP contribution in [0.25, 0.3) is 22.2 Å². The second-order valence-corrected chi connectivity index (χ2v) is 8.92. The quantitative estimate of drug-likeness (QED) is 0.511. The van der Waals surface area contributed by atoms with Gasteiger partial charge in [-0.2, -0.15) is 0 Å². The molecule has 0 saturated carbocycles. The maximum atomic E-state index is 14.9. The highest BCUT2D eigenvalue weighted by Crippen LogP contribution is 2.33. The van der Waals surface area contributed by atoms with Crippen LogP contribution in [0.5, 0.6) is 0 Å². The van der Waals surface area contributed by atoms with E-state index >= 15 is 0 Å². The minimum atomic E-state index is -4.40. The molecule has 2 aromatic heterocycles. The highest BCUT2D eigenvalue weighted by atomic mass is 32.2. The number of fused-ring (bicyclic) bond motifs is 3. The van der Waals surface area contributed by atoms with E-state index in [1.807, 2.05) is 30.3 Å². The van der Waals surface area contributed by atoms with Gasteiger partial charge in [-0.1, -0.05) is 18.2 Å². The Labute approximate surface area is 181 Å². The Bertz CT molecular complexity index is 1480. The zero-order valence-electron chi connectivity index (χ0n) is 16.5. The van der Waals surface area contributed by atoms with Crippen molar-refractivity contribution >= 4 is 32.6 Å². The molecule has 162 valence electrons. The summed E-state index contributed by atoms with van der Waals surface area (Å²) >= 11 is 0. The number of carbonyl (C=O) groups is 1. The number of sulfonamides is 1. The van der Waals surface area contributed by atoms with E-state index in [0.29, 0.717) is 5.69 Å². The molecule has 3 heterocycles. The molecule has 0 aliphatic carbocycles. The molecule has 1 amide bonds. The minimum Gasteiger partial charge on any atom is -0.293 e. The van der Waals surface area contributed by atoms with Crippen LogP contribution in [0.2, 0.25) is 0 Å². The Balaban J connectivity index is 1.58. The number of carbonyl (C=O) groups excluding carboxylic acids is 1. The highest BCUT2D eigenvalue weighted by Gasteiger charge is 2.32. The van der Waals surface area contributed by atoms with Gasteiger partial charge in [0.1, 0.15) is 10.7 Å². The molecule has 0 spiro atoms. The number of hydrogen-bond acceptors (Lipinski definition) is 4. The normalized spacial score (nSPS) is 14.1. The van der Waals surface area contributed by atoms with Crippen molar-refractivity contribution in [2.24, 2.45) is 5.14 Å². The molecule has 1 aliphatic heterocycles. The maximum absolute atomic E-state index is 14.9. The molecule has 0 unspecified atom stereocenters. The number of rotatable bonds is 3. The predicted octanol–water partition coefficient (Wildman–Crippen LogP) is 3.66. The van der Waals surface area contributed by atoms with Crippen molar-refractivity contribution < 1.29 is 22.0 Å². The van der Waals surface area contributed by atoms with Crippen molar-refractivity contribution in [1.82, 2.24) is 9.55 Å². The van der Waals surface area contributed by atoms with Crippen LogP contribution in [-0.4, -0.2) is 30.5 Å². The lowest BCUT2D eigenvalue weighted by molar-refractivity contribution is 0.245. The largest absolute Gasteiger partial charge is 0.333 e. The van der Waals surface area contributed by atoms with Gasteiger partial charge in [0.15, 0.2) is 5.82 Å². The minimum absolute atomic E-state index is 0.0530. The molecule has 0 saturated heterocycles. The topological polar surface area (TPSA) is 98.3 Å². The SMILES string of the molecule is NS(=O)(=O)c1cc2c(cc1F)c(F)c1n2C(=O)N(c2ccc(-c3ccccn3)cc2)CC1. The second kappa shape index (κ2) is 7.21. The Morgan fingerprint density at radius 2 is 1.78 bits per heavy atom. The van der Waals surface area contributed by atoms with Crippen molar-refractivity contribution in [3.63, 3.8) is 0 Å². The first-order chi connectivity index (χ1) is 15.3. The summed E-state index contributed by atoms with van der Waals surface area (Å²) in [6.07, 6.45) is 1.85. The summed E-state index contributed by atoms with van der Waals surface area (Å²) < 4.78 is 53.7. The van der Waals surface area contributed by atoms with Crippen molar-refractivity contribution in [2.75, 3.05) is 11.4 Å². The number of amides is 1. The number of halogens is 2. The van der Waals surface area contributed by atoms with Gasteiger partial charge in [0.25, 0.3) is 0 Å². The molecule has 1 aliphatic rings. The fraction of sp³-hybridized carbons (Fsp3) is 0.0909.